The van der Waals surface area contributed by atoms with Crippen LogP contribution in [0.25, 0.3) is 0 Å². The van der Waals surface area contributed by atoms with Gasteiger partial charge in [-0.3, -0.25) is 9.48 Å². The molecule has 0 amide bonds. The van der Waals surface area contributed by atoms with E-state index >= 15 is 0 Å². The summed E-state index contributed by atoms with van der Waals surface area (Å²) in [6.07, 6.45) is 3.22. The summed E-state index contributed by atoms with van der Waals surface area (Å²) in [6, 6.07) is 14.9. The van der Waals surface area contributed by atoms with Crippen LogP contribution in [-0.2, 0) is 33.8 Å². The van der Waals surface area contributed by atoms with Gasteiger partial charge in [0.1, 0.15) is 6.61 Å². The first-order valence-corrected chi connectivity index (χ1v) is 9.00. The van der Waals surface area contributed by atoms with Crippen molar-refractivity contribution < 1.29 is 19.1 Å². The molecule has 0 saturated carbocycles. The summed E-state index contributed by atoms with van der Waals surface area (Å²) >= 11 is 6.24. The monoisotopic (exact) mass is 398 g/mol. The van der Waals surface area contributed by atoms with Crippen LogP contribution in [0.2, 0.25) is 5.02 Å². The van der Waals surface area contributed by atoms with Crippen molar-refractivity contribution in [3.05, 3.63) is 88.2 Å². The number of halogens is 1. The van der Waals surface area contributed by atoms with E-state index < -0.39 is 5.97 Å². The maximum atomic E-state index is 12.2. The first-order chi connectivity index (χ1) is 13.5. The number of esters is 2. The molecule has 0 fully saturated rings. The van der Waals surface area contributed by atoms with Gasteiger partial charge in [0, 0.05) is 11.2 Å². The fraction of sp³-hybridized carbons (Fsp3) is 0.190. The van der Waals surface area contributed by atoms with E-state index in [-0.39, 0.29) is 19.0 Å². The maximum Gasteiger partial charge on any atom is 0.341 e. The van der Waals surface area contributed by atoms with Crippen LogP contribution < -0.4 is 0 Å². The summed E-state index contributed by atoms with van der Waals surface area (Å²) in [6.45, 7) is 0.645. The number of ether oxygens (including phenoxy) is 2. The van der Waals surface area contributed by atoms with Gasteiger partial charge >= 0.3 is 11.9 Å². The molecule has 0 N–H and O–H groups in total. The Kier molecular flexibility index (Phi) is 6.45. The average Bonchev–Trinajstić information content (AvgIpc) is 3.17. The molecule has 1 aromatic heterocycles. The Hall–Kier alpha value is -3.12. The third-order valence-corrected chi connectivity index (χ3v) is 4.46. The number of carbonyl (C=O) groups is 2. The van der Waals surface area contributed by atoms with Crippen molar-refractivity contribution in [3.63, 3.8) is 0 Å². The van der Waals surface area contributed by atoms with Crippen molar-refractivity contribution in [1.29, 1.82) is 0 Å². The van der Waals surface area contributed by atoms with E-state index in [1.165, 1.54) is 13.3 Å². The summed E-state index contributed by atoms with van der Waals surface area (Å²) in [5.74, 6) is -0.776. The molecule has 0 bridgehead atoms. The molecule has 1 heterocycles. The second kappa shape index (κ2) is 9.19. The van der Waals surface area contributed by atoms with Crippen LogP contribution in [-0.4, -0.2) is 28.8 Å². The number of hydrogen-bond acceptors (Lipinski definition) is 5. The third kappa shape index (κ3) is 5.20. The van der Waals surface area contributed by atoms with E-state index in [4.69, 9.17) is 16.3 Å². The van der Waals surface area contributed by atoms with Gasteiger partial charge in [-0.15, -0.1) is 0 Å². The zero-order valence-corrected chi connectivity index (χ0v) is 16.1. The van der Waals surface area contributed by atoms with E-state index in [0.717, 1.165) is 11.1 Å². The van der Waals surface area contributed by atoms with Gasteiger partial charge in [0.2, 0.25) is 0 Å². The number of aromatic nitrogens is 2. The van der Waals surface area contributed by atoms with Gasteiger partial charge in [-0.25, -0.2) is 4.79 Å². The number of carbonyl (C=O) groups excluding carboxylic acids is 2. The van der Waals surface area contributed by atoms with Gasteiger partial charge in [0.15, 0.2) is 0 Å². The highest BCUT2D eigenvalue weighted by molar-refractivity contribution is 6.31. The Labute approximate surface area is 167 Å². The van der Waals surface area contributed by atoms with Crippen LogP contribution in [0.4, 0.5) is 0 Å². The minimum Gasteiger partial charge on any atom is -0.469 e. The molecular formula is C21H19ClN2O4. The second-order valence-corrected chi connectivity index (χ2v) is 6.57. The normalized spacial score (nSPS) is 10.5. The Morgan fingerprint density at radius 2 is 1.89 bits per heavy atom. The summed E-state index contributed by atoms with van der Waals surface area (Å²) < 4.78 is 11.6. The minimum absolute atomic E-state index is 0.120. The van der Waals surface area contributed by atoms with E-state index in [1.807, 2.05) is 36.4 Å². The van der Waals surface area contributed by atoms with Gasteiger partial charge in [-0.2, -0.15) is 5.10 Å². The van der Waals surface area contributed by atoms with Crippen molar-refractivity contribution in [2.45, 2.75) is 19.6 Å². The minimum atomic E-state index is -0.429. The molecule has 7 heteroatoms. The van der Waals surface area contributed by atoms with Crippen LogP contribution in [0.5, 0.6) is 0 Å². The van der Waals surface area contributed by atoms with Crippen molar-refractivity contribution >= 4 is 23.5 Å². The lowest BCUT2D eigenvalue weighted by Crippen LogP contribution is -2.06. The van der Waals surface area contributed by atoms with Crippen molar-refractivity contribution in [1.82, 2.24) is 9.78 Å². The van der Waals surface area contributed by atoms with Crippen molar-refractivity contribution in [2.75, 3.05) is 7.11 Å². The lowest BCUT2D eigenvalue weighted by molar-refractivity contribution is -0.139. The molecule has 0 unspecified atom stereocenters. The molecule has 0 saturated heterocycles. The van der Waals surface area contributed by atoms with Gasteiger partial charge in [-0.1, -0.05) is 54.1 Å². The van der Waals surface area contributed by atoms with Gasteiger partial charge in [0.05, 0.1) is 31.8 Å². The van der Waals surface area contributed by atoms with E-state index in [2.05, 4.69) is 9.84 Å². The maximum absolute atomic E-state index is 12.2. The fourth-order valence-corrected chi connectivity index (χ4v) is 2.88. The predicted octanol–water partition coefficient (Wildman–Crippen LogP) is 3.66. The SMILES string of the molecule is COC(=O)Cc1ccc(Cn2cc(C(=O)OCc3ccccc3)cn2)cc1Cl. The third-order valence-electron chi connectivity index (χ3n) is 4.11. The molecule has 0 aliphatic rings. The standard InChI is InChI=1S/C21H19ClN2O4/c1-27-20(25)10-17-8-7-16(9-19(17)22)12-24-13-18(11-23-24)21(26)28-14-15-5-3-2-4-6-15/h2-9,11,13H,10,12,14H2,1H3. The lowest BCUT2D eigenvalue weighted by Gasteiger charge is -2.07. The van der Waals surface area contributed by atoms with E-state index in [0.29, 0.717) is 22.7 Å². The van der Waals surface area contributed by atoms with Crippen LogP contribution in [0.1, 0.15) is 27.0 Å². The number of nitrogens with zero attached hydrogens (tertiary/aromatic N) is 2. The number of benzene rings is 2. The first kappa shape index (κ1) is 19.6. The van der Waals surface area contributed by atoms with Gasteiger partial charge < -0.3 is 9.47 Å². The van der Waals surface area contributed by atoms with Crippen LogP contribution in [0.15, 0.2) is 60.9 Å². The molecule has 2 aromatic carbocycles. The number of methoxy groups -OCH3 is 1. The van der Waals surface area contributed by atoms with Crippen molar-refractivity contribution in [2.24, 2.45) is 0 Å². The smallest absolute Gasteiger partial charge is 0.341 e. The largest absolute Gasteiger partial charge is 0.469 e. The summed E-state index contributed by atoms with van der Waals surface area (Å²) in [7, 11) is 1.34. The van der Waals surface area contributed by atoms with E-state index in [1.54, 1.807) is 23.0 Å². The Morgan fingerprint density at radius 1 is 1.11 bits per heavy atom. The van der Waals surface area contributed by atoms with Crippen LogP contribution >= 0.6 is 11.6 Å². The molecule has 0 spiro atoms. The lowest BCUT2D eigenvalue weighted by atomic mass is 10.1. The first-order valence-electron chi connectivity index (χ1n) is 8.63. The molecule has 3 aromatic rings. The summed E-state index contributed by atoms with van der Waals surface area (Å²) in [4.78, 5) is 23.6. The topological polar surface area (TPSA) is 70.4 Å². The summed E-state index contributed by atoms with van der Waals surface area (Å²) in [5.41, 5.74) is 2.89. The Bertz CT molecular complexity index is 970. The second-order valence-electron chi connectivity index (χ2n) is 6.17. The molecule has 0 radical (unpaired) electrons. The quantitative estimate of drug-likeness (QED) is 0.568. The van der Waals surface area contributed by atoms with E-state index in [9.17, 15) is 9.59 Å². The average molecular weight is 399 g/mol. The highest BCUT2D eigenvalue weighted by Crippen LogP contribution is 2.19. The fourth-order valence-electron chi connectivity index (χ4n) is 2.61. The zero-order valence-electron chi connectivity index (χ0n) is 15.3. The molecule has 28 heavy (non-hydrogen) atoms. The molecule has 0 aliphatic heterocycles. The molecule has 0 atom stereocenters. The molecule has 0 aliphatic carbocycles. The highest BCUT2D eigenvalue weighted by Gasteiger charge is 2.12. The molecular weight excluding hydrogens is 380 g/mol. The number of rotatable bonds is 7. The highest BCUT2D eigenvalue weighted by atomic mass is 35.5. The Morgan fingerprint density at radius 3 is 2.61 bits per heavy atom. The number of hydrogen-bond donors (Lipinski definition) is 0. The Balaban J connectivity index is 1.60. The van der Waals surface area contributed by atoms with Gasteiger partial charge in [0.25, 0.3) is 0 Å². The zero-order chi connectivity index (χ0) is 19.9. The predicted molar refractivity (Wildman–Crippen MR) is 104 cm³/mol. The van der Waals surface area contributed by atoms with Crippen LogP contribution in [0, 0.1) is 0 Å². The van der Waals surface area contributed by atoms with Gasteiger partial charge in [-0.05, 0) is 22.8 Å². The molecule has 6 nitrogen and oxygen atoms in total. The van der Waals surface area contributed by atoms with Crippen LogP contribution in [0.3, 0.4) is 0 Å². The molecule has 144 valence electrons. The summed E-state index contributed by atoms with van der Waals surface area (Å²) in [5, 5.41) is 4.68. The van der Waals surface area contributed by atoms with Crippen molar-refractivity contribution in [3.8, 4) is 0 Å². The molecule has 3 rings (SSSR count).